The number of aliphatic hydroxyl groups excluding tert-OH is 3. The van der Waals surface area contributed by atoms with Gasteiger partial charge in [-0.2, -0.15) is 0 Å². The Morgan fingerprint density at radius 2 is 1.74 bits per heavy atom. The van der Waals surface area contributed by atoms with Crippen molar-refractivity contribution in [3.63, 3.8) is 0 Å². The fourth-order valence-corrected chi connectivity index (χ4v) is 9.97. The van der Waals surface area contributed by atoms with Gasteiger partial charge < -0.3 is 44.4 Å². The van der Waals surface area contributed by atoms with Crippen LogP contribution in [0.1, 0.15) is 101 Å². The molecule has 4 N–H and O–H groups in total. The van der Waals surface area contributed by atoms with E-state index in [2.05, 4.69) is 12.7 Å². The van der Waals surface area contributed by atoms with E-state index in [1.807, 2.05) is 47.4 Å². The van der Waals surface area contributed by atoms with Crippen LogP contribution in [0.2, 0.25) is 0 Å². The average Bonchev–Trinajstić information content (AvgIpc) is 3.75. The second-order valence-corrected chi connectivity index (χ2v) is 16.2. The number of benzene rings is 2. The van der Waals surface area contributed by atoms with Crippen LogP contribution in [0.5, 0.6) is 11.5 Å². The summed E-state index contributed by atoms with van der Waals surface area (Å²) in [6, 6.07) is 14.5. The summed E-state index contributed by atoms with van der Waals surface area (Å²) in [5, 5.41) is 45.1. The first-order valence-electron chi connectivity index (χ1n) is 21.3. The third-order valence-corrected chi connectivity index (χ3v) is 12.6. The number of unbranched alkanes of at least 4 members (excludes halogenated alkanes) is 2. The number of allylic oxidation sites excluding steroid dienone is 1. The first kappa shape index (κ1) is 42.9. The van der Waals surface area contributed by atoms with Crippen LogP contribution in [0.15, 0.2) is 78.0 Å². The van der Waals surface area contributed by atoms with Gasteiger partial charge in [0.2, 0.25) is 11.7 Å². The van der Waals surface area contributed by atoms with Crippen LogP contribution in [0.3, 0.4) is 0 Å². The van der Waals surface area contributed by atoms with Crippen LogP contribution in [0.25, 0.3) is 0 Å². The van der Waals surface area contributed by atoms with Gasteiger partial charge in [0.25, 0.3) is 0 Å². The van der Waals surface area contributed by atoms with Crippen molar-refractivity contribution in [1.82, 2.24) is 4.90 Å². The molecule has 6 atom stereocenters. The maximum Gasteiger partial charge on any atom is 0.239 e. The first-order chi connectivity index (χ1) is 27.9. The number of hydrogen-bond donors (Lipinski definition) is 4. The average molecular weight is 789 g/mol. The monoisotopic (exact) mass is 788 g/mol. The Morgan fingerprint density at radius 1 is 0.965 bits per heavy atom. The van der Waals surface area contributed by atoms with Crippen molar-refractivity contribution in [2.75, 3.05) is 46.2 Å². The molecule has 6 unspecified atom stereocenters. The van der Waals surface area contributed by atoms with E-state index in [1.54, 1.807) is 12.1 Å². The Labute approximate surface area is 338 Å². The van der Waals surface area contributed by atoms with E-state index >= 15 is 0 Å². The van der Waals surface area contributed by atoms with Gasteiger partial charge in [0.1, 0.15) is 24.1 Å². The normalized spacial score (nSPS) is 26.0. The molecule has 2 aromatic rings. The summed E-state index contributed by atoms with van der Waals surface area (Å²) in [5.41, 5.74) is 3.53. The lowest BCUT2D eigenvalue weighted by Gasteiger charge is -2.60. The van der Waals surface area contributed by atoms with E-state index in [9.17, 15) is 25.2 Å². The fourth-order valence-electron chi connectivity index (χ4n) is 9.97. The molecule has 57 heavy (non-hydrogen) atoms. The van der Waals surface area contributed by atoms with Gasteiger partial charge in [-0.25, -0.2) is 0 Å². The van der Waals surface area contributed by atoms with Crippen LogP contribution >= 0.6 is 0 Å². The highest BCUT2D eigenvalue weighted by Gasteiger charge is 2.65. The van der Waals surface area contributed by atoms with Gasteiger partial charge in [-0.3, -0.25) is 4.79 Å². The largest absolute Gasteiger partial charge is 0.508 e. The van der Waals surface area contributed by atoms with Crippen LogP contribution in [-0.2, 0) is 25.7 Å². The summed E-state index contributed by atoms with van der Waals surface area (Å²) in [4.78, 5) is 22.8. The van der Waals surface area contributed by atoms with Gasteiger partial charge in [0.15, 0.2) is 0 Å². The van der Waals surface area contributed by atoms with Gasteiger partial charge in [-0.05, 0) is 79.2 Å². The molecular weight excluding hydrogens is 725 g/mol. The van der Waals surface area contributed by atoms with Crippen molar-refractivity contribution in [3.8, 4) is 11.5 Å². The van der Waals surface area contributed by atoms with Gasteiger partial charge in [-0.1, -0.05) is 86.2 Å². The molecule has 0 aromatic heterocycles. The highest BCUT2D eigenvalue weighted by molar-refractivity contribution is 6.03. The molecule has 6 rings (SSSR count). The molecule has 4 aliphatic rings. The van der Waals surface area contributed by atoms with Crippen molar-refractivity contribution < 1.29 is 44.3 Å². The minimum atomic E-state index is -1.38. The van der Waals surface area contributed by atoms with Gasteiger partial charge in [0, 0.05) is 44.1 Å². The van der Waals surface area contributed by atoms with E-state index < -0.39 is 17.7 Å². The lowest BCUT2D eigenvalue weighted by atomic mass is 9.55. The number of aromatic hydroxyl groups is 1. The summed E-state index contributed by atoms with van der Waals surface area (Å²) in [6.45, 7) is 5.18. The Morgan fingerprint density at radius 3 is 2.47 bits per heavy atom. The predicted molar refractivity (Wildman–Crippen MR) is 219 cm³/mol. The van der Waals surface area contributed by atoms with Crippen LogP contribution < -0.4 is 4.74 Å². The van der Waals surface area contributed by atoms with Crippen LogP contribution in [0.4, 0.5) is 0 Å². The zero-order valence-electron chi connectivity index (χ0n) is 33.5. The second-order valence-electron chi connectivity index (χ2n) is 16.2. The number of carbonyl (C=O) groups is 1. The standard InChI is InChI=1S/C46H64N2O9/c1-2-26-55-46-42(48(22-27-54-28-25-51)43(53)21-18-33-12-6-7-13-33)31-40(47-56-32-34-14-4-3-5-15-34)38-29-35(16-8-10-23-49)37(17-9-11-24-50)44(45(38)46)39-30-36(52)19-20-41(39)57-46/h2-5,14-15,19-20,29-30,33,35,37,42,44-45,49-52H,1,6-13,16-18,21-28,31-32H2. The number of rotatable bonds is 23. The molecular formula is C46H64N2O9. The maximum absolute atomic E-state index is 14.8. The summed E-state index contributed by atoms with van der Waals surface area (Å²) < 4.78 is 20.1. The SMILES string of the molecule is C=CCOC12Oc3ccc(O)cc3C3C(CCCCO)C(CCCCO)C=C(C(=NOCc4ccccc4)CC1N(CCOCCO)C(=O)CCC1CCCC1)C32. The molecule has 2 saturated carbocycles. The minimum Gasteiger partial charge on any atom is -0.508 e. The predicted octanol–water partition coefficient (Wildman–Crippen LogP) is 7.03. The van der Waals surface area contributed by atoms with E-state index in [1.165, 1.54) is 12.8 Å². The molecule has 0 radical (unpaired) electrons. The molecule has 2 aromatic carbocycles. The number of ether oxygens (including phenoxy) is 3. The third-order valence-electron chi connectivity index (χ3n) is 12.6. The van der Waals surface area contributed by atoms with E-state index in [0.717, 1.165) is 67.4 Å². The fraction of sp³-hybridized carbons (Fsp3) is 0.609. The maximum atomic E-state index is 14.8. The second kappa shape index (κ2) is 21.3. The topological polar surface area (TPSA) is 151 Å². The quantitative estimate of drug-likeness (QED) is 0.0529. The van der Waals surface area contributed by atoms with Crippen molar-refractivity contribution in [1.29, 1.82) is 0 Å². The number of phenols is 1. The molecule has 1 heterocycles. The van der Waals surface area contributed by atoms with Crippen molar-refractivity contribution in [3.05, 3.63) is 84.0 Å². The van der Waals surface area contributed by atoms with Gasteiger partial charge >= 0.3 is 0 Å². The number of phenolic OH excluding ortho intramolecular Hbond substituents is 1. The highest BCUT2D eigenvalue weighted by Crippen LogP contribution is 2.62. The molecule has 0 bridgehead atoms. The first-order valence-corrected chi connectivity index (χ1v) is 21.3. The summed E-state index contributed by atoms with van der Waals surface area (Å²) in [5.74, 6) is -0.656. The van der Waals surface area contributed by atoms with Crippen LogP contribution in [0, 0.1) is 23.7 Å². The number of fused-ring (bicyclic) bond motifs is 2. The van der Waals surface area contributed by atoms with Crippen molar-refractivity contribution in [2.45, 2.75) is 108 Å². The van der Waals surface area contributed by atoms with E-state index in [0.29, 0.717) is 37.4 Å². The van der Waals surface area contributed by atoms with Crippen LogP contribution in [-0.4, -0.2) is 95.0 Å². The Kier molecular flexibility index (Phi) is 16.0. The third kappa shape index (κ3) is 10.3. The Balaban J connectivity index is 1.52. The number of carbonyl (C=O) groups excluding carboxylic acids is 1. The molecule has 1 aliphatic heterocycles. The van der Waals surface area contributed by atoms with E-state index in [4.69, 9.17) is 24.2 Å². The highest BCUT2D eigenvalue weighted by atomic mass is 16.7. The summed E-state index contributed by atoms with van der Waals surface area (Å²) >= 11 is 0. The number of amides is 1. The molecule has 2 fully saturated rings. The smallest absolute Gasteiger partial charge is 0.239 e. The minimum absolute atomic E-state index is 0.00750. The lowest BCUT2D eigenvalue weighted by Crippen LogP contribution is -2.70. The number of hydrogen-bond acceptors (Lipinski definition) is 10. The molecule has 312 valence electrons. The molecule has 11 nitrogen and oxygen atoms in total. The van der Waals surface area contributed by atoms with Gasteiger partial charge in [0.05, 0.1) is 38.1 Å². The molecule has 1 amide bonds. The zero-order valence-corrected chi connectivity index (χ0v) is 33.5. The molecule has 0 spiro atoms. The van der Waals surface area contributed by atoms with Gasteiger partial charge in [-0.15, -0.1) is 6.58 Å². The Hall–Kier alpha value is -3.74. The zero-order chi connectivity index (χ0) is 40.0. The number of nitrogens with zero attached hydrogens (tertiary/aromatic N) is 2. The lowest BCUT2D eigenvalue weighted by molar-refractivity contribution is -0.258. The number of aliphatic hydroxyl groups is 3. The summed E-state index contributed by atoms with van der Waals surface area (Å²) in [6.07, 6.45) is 14.8. The number of oxime groups is 1. The molecule has 0 saturated heterocycles. The van der Waals surface area contributed by atoms with E-state index in [-0.39, 0.29) is 82.2 Å². The van der Waals surface area contributed by atoms with Crippen molar-refractivity contribution in [2.24, 2.45) is 28.8 Å². The van der Waals surface area contributed by atoms with Crippen molar-refractivity contribution >= 4 is 11.6 Å². The molecule has 3 aliphatic carbocycles. The molecule has 11 heteroatoms. The Bertz CT molecular complexity index is 1640. The summed E-state index contributed by atoms with van der Waals surface area (Å²) in [7, 11) is 0.